The molecule has 1 unspecified atom stereocenters. The van der Waals surface area contributed by atoms with E-state index in [2.05, 4.69) is 54.2 Å². The summed E-state index contributed by atoms with van der Waals surface area (Å²) in [6.45, 7) is 7.61. The van der Waals surface area contributed by atoms with Crippen LogP contribution in [0.15, 0.2) is 22.7 Å². The molecule has 0 bridgehead atoms. The SMILES string of the molecule is CC(C)CC(C)NCc1ccc(Cl)c(Br)c1. The molecule has 0 aromatic heterocycles. The first-order valence-corrected chi connectivity index (χ1v) is 6.83. The highest BCUT2D eigenvalue weighted by Crippen LogP contribution is 2.23. The number of hydrogen-bond donors (Lipinski definition) is 1. The molecule has 0 spiro atoms. The molecule has 0 fully saturated rings. The van der Waals surface area contributed by atoms with Crippen LogP contribution in [-0.2, 0) is 6.54 Å². The maximum atomic E-state index is 5.94. The molecule has 0 aliphatic heterocycles. The predicted molar refractivity (Wildman–Crippen MR) is 74.9 cm³/mol. The largest absolute Gasteiger partial charge is 0.310 e. The van der Waals surface area contributed by atoms with Gasteiger partial charge in [-0.1, -0.05) is 31.5 Å². The number of halogens is 2. The Hall–Kier alpha value is -0.0500. The first-order valence-electron chi connectivity index (χ1n) is 5.66. The normalized spacial score (nSPS) is 13.1. The van der Waals surface area contributed by atoms with Crippen LogP contribution in [0.2, 0.25) is 5.02 Å². The molecule has 0 saturated carbocycles. The lowest BCUT2D eigenvalue weighted by molar-refractivity contribution is 0.441. The Bertz CT molecular complexity index is 339. The van der Waals surface area contributed by atoms with Gasteiger partial charge in [-0.25, -0.2) is 0 Å². The van der Waals surface area contributed by atoms with E-state index in [1.807, 2.05) is 6.07 Å². The fourth-order valence-electron chi connectivity index (χ4n) is 1.73. The second kappa shape index (κ2) is 6.63. The molecule has 1 rings (SSSR count). The zero-order valence-corrected chi connectivity index (χ0v) is 12.4. The molecule has 3 heteroatoms. The van der Waals surface area contributed by atoms with Gasteiger partial charge in [-0.05, 0) is 52.9 Å². The molecule has 1 nitrogen and oxygen atoms in total. The van der Waals surface area contributed by atoms with Crippen LogP contribution in [0, 0.1) is 5.92 Å². The molecular formula is C13H19BrClN. The van der Waals surface area contributed by atoms with Crippen molar-refractivity contribution in [2.45, 2.75) is 39.8 Å². The Balaban J connectivity index is 2.45. The summed E-state index contributed by atoms with van der Waals surface area (Å²) in [5, 5.41) is 4.28. The van der Waals surface area contributed by atoms with Gasteiger partial charge in [0.15, 0.2) is 0 Å². The molecular weight excluding hydrogens is 286 g/mol. The van der Waals surface area contributed by atoms with Crippen molar-refractivity contribution in [1.29, 1.82) is 0 Å². The zero-order chi connectivity index (χ0) is 12.1. The van der Waals surface area contributed by atoms with Gasteiger partial charge in [0.2, 0.25) is 0 Å². The van der Waals surface area contributed by atoms with Crippen molar-refractivity contribution in [3.05, 3.63) is 33.3 Å². The highest BCUT2D eigenvalue weighted by Gasteiger charge is 2.05. The second-order valence-corrected chi connectivity index (χ2v) is 5.92. The maximum absolute atomic E-state index is 5.94. The first kappa shape index (κ1) is 14.0. The summed E-state index contributed by atoms with van der Waals surface area (Å²) < 4.78 is 0.963. The molecule has 1 aromatic rings. The van der Waals surface area contributed by atoms with Crippen molar-refractivity contribution in [2.75, 3.05) is 0 Å². The Morgan fingerprint density at radius 3 is 2.56 bits per heavy atom. The smallest absolute Gasteiger partial charge is 0.0548 e. The van der Waals surface area contributed by atoms with Crippen LogP contribution in [-0.4, -0.2) is 6.04 Å². The van der Waals surface area contributed by atoms with E-state index >= 15 is 0 Å². The standard InChI is InChI=1S/C13H19BrClN/c1-9(2)6-10(3)16-8-11-4-5-13(15)12(14)7-11/h4-5,7,9-10,16H,6,8H2,1-3H3. The fraction of sp³-hybridized carbons (Fsp3) is 0.538. The molecule has 90 valence electrons. The van der Waals surface area contributed by atoms with Crippen molar-refractivity contribution >= 4 is 27.5 Å². The molecule has 0 heterocycles. The molecule has 0 saturated heterocycles. The third-order valence-electron chi connectivity index (χ3n) is 2.46. The Labute approximate surface area is 112 Å². The molecule has 0 aliphatic carbocycles. The van der Waals surface area contributed by atoms with Gasteiger partial charge in [-0.3, -0.25) is 0 Å². The summed E-state index contributed by atoms with van der Waals surface area (Å²) in [5.74, 6) is 0.736. The molecule has 16 heavy (non-hydrogen) atoms. The Morgan fingerprint density at radius 2 is 2.00 bits per heavy atom. The zero-order valence-electron chi connectivity index (χ0n) is 10.1. The third-order valence-corrected chi connectivity index (χ3v) is 3.68. The monoisotopic (exact) mass is 303 g/mol. The van der Waals surface area contributed by atoms with Gasteiger partial charge in [0.1, 0.15) is 0 Å². The summed E-state index contributed by atoms with van der Waals surface area (Å²) in [6.07, 6.45) is 1.20. The summed E-state index contributed by atoms with van der Waals surface area (Å²) in [5.41, 5.74) is 1.26. The molecule has 1 atom stereocenters. The molecule has 1 aromatic carbocycles. The minimum atomic E-state index is 0.550. The van der Waals surface area contributed by atoms with Crippen LogP contribution in [0.1, 0.15) is 32.8 Å². The lowest BCUT2D eigenvalue weighted by atomic mass is 10.1. The fourth-order valence-corrected chi connectivity index (χ4v) is 2.28. The first-order chi connectivity index (χ1) is 7.49. The van der Waals surface area contributed by atoms with Crippen molar-refractivity contribution in [3.63, 3.8) is 0 Å². The van der Waals surface area contributed by atoms with E-state index < -0.39 is 0 Å². The van der Waals surface area contributed by atoms with Crippen molar-refractivity contribution in [1.82, 2.24) is 5.32 Å². The minimum absolute atomic E-state index is 0.550. The van der Waals surface area contributed by atoms with Gasteiger partial charge in [-0.2, -0.15) is 0 Å². The summed E-state index contributed by atoms with van der Waals surface area (Å²) >= 11 is 9.38. The van der Waals surface area contributed by atoms with E-state index in [-0.39, 0.29) is 0 Å². The maximum Gasteiger partial charge on any atom is 0.0548 e. The van der Waals surface area contributed by atoms with E-state index in [0.29, 0.717) is 6.04 Å². The summed E-state index contributed by atoms with van der Waals surface area (Å²) in [7, 11) is 0. The van der Waals surface area contributed by atoms with E-state index in [4.69, 9.17) is 11.6 Å². The van der Waals surface area contributed by atoms with Crippen LogP contribution >= 0.6 is 27.5 Å². The van der Waals surface area contributed by atoms with Gasteiger partial charge >= 0.3 is 0 Å². The molecule has 0 radical (unpaired) electrons. The molecule has 0 aliphatic rings. The van der Waals surface area contributed by atoms with Crippen molar-refractivity contribution in [2.24, 2.45) is 5.92 Å². The van der Waals surface area contributed by atoms with Gasteiger partial charge in [0, 0.05) is 17.1 Å². The number of hydrogen-bond acceptors (Lipinski definition) is 1. The van der Waals surface area contributed by atoms with Crippen molar-refractivity contribution in [3.8, 4) is 0 Å². The van der Waals surface area contributed by atoms with Crippen LogP contribution in [0.3, 0.4) is 0 Å². The minimum Gasteiger partial charge on any atom is -0.310 e. The van der Waals surface area contributed by atoms with E-state index in [9.17, 15) is 0 Å². The lowest BCUT2D eigenvalue weighted by Gasteiger charge is -2.16. The van der Waals surface area contributed by atoms with Crippen LogP contribution in [0.5, 0.6) is 0 Å². The number of rotatable bonds is 5. The predicted octanol–water partition coefficient (Wildman–Crippen LogP) is 4.63. The van der Waals surface area contributed by atoms with Gasteiger partial charge in [0.25, 0.3) is 0 Å². The van der Waals surface area contributed by atoms with Crippen LogP contribution < -0.4 is 5.32 Å². The Kier molecular flexibility index (Phi) is 5.81. The van der Waals surface area contributed by atoms with Crippen LogP contribution in [0.25, 0.3) is 0 Å². The average Bonchev–Trinajstić information content (AvgIpc) is 2.19. The van der Waals surface area contributed by atoms with Crippen LogP contribution in [0.4, 0.5) is 0 Å². The Morgan fingerprint density at radius 1 is 1.31 bits per heavy atom. The molecule has 1 N–H and O–H groups in total. The quantitative estimate of drug-likeness (QED) is 0.836. The average molecular weight is 305 g/mol. The van der Waals surface area contributed by atoms with E-state index in [1.165, 1.54) is 12.0 Å². The second-order valence-electron chi connectivity index (χ2n) is 4.66. The van der Waals surface area contributed by atoms with E-state index in [0.717, 1.165) is 22.0 Å². The van der Waals surface area contributed by atoms with E-state index in [1.54, 1.807) is 0 Å². The van der Waals surface area contributed by atoms with Gasteiger partial charge in [-0.15, -0.1) is 0 Å². The molecule has 0 amide bonds. The van der Waals surface area contributed by atoms with Gasteiger partial charge < -0.3 is 5.32 Å². The lowest BCUT2D eigenvalue weighted by Crippen LogP contribution is -2.26. The summed E-state index contributed by atoms with van der Waals surface area (Å²) in [4.78, 5) is 0. The van der Waals surface area contributed by atoms with Crippen molar-refractivity contribution < 1.29 is 0 Å². The van der Waals surface area contributed by atoms with Gasteiger partial charge in [0.05, 0.1) is 5.02 Å². The number of nitrogens with one attached hydrogen (secondary N) is 1. The summed E-state index contributed by atoms with van der Waals surface area (Å²) in [6, 6.07) is 6.60. The highest BCUT2D eigenvalue weighted by molar-refractivity contribution is 9.10. The topological polar surface area (TPSA) is 12.0 Å². The highest BCUT2D eigenvalue weighted by atomic mass is 79.9. The third kappa shape index (κ3) is 4.86. The number of benzene rings is 1.